The summed E-state index contributed by atoms with van der Waals surface area (Å²) >= 11 is 0. The summed E-state index contributed by atoms with van der Waals surface area (Å²) in [6, 6.07) is 8.14. The van der Waals surface area contributed by atoms with E-state index < -0.39 is 5.60 Å². The summed E-state index contributed by atoms with van der Waals surface area (Å²) in [6.45, 7) is 4.22. The van der Waals surface area contributed by atoms with Gasteiger partial charge in [0.2, 0.25) is 0 Å². The first-order chi connectivity index (χ1) is 9.27. The van der Waals surface area contributed by atoms with E-state index in [1.165, 1.54) is 0 Å². The lowest BCUT2D eigenvalue weighted by Crippen LogP contribution is -2.50. The summed E-state index contributed by atoms with van der Waals surface area (Å²) in [7, 11) is 0. The second-order valence-electron chi connectivity index (χ2n) is 5.57. The van der Waals surface area contributed by atoms with Crippen molar-refractivity contribution < 1.29 is 9.84 Å². The van der Waals surface area contributed by atoms with Crippen molar-refractivity contribution in [2.75, 3.05) is 37.7 Å². The highest BCUT2D eigenvalue weighted by atomic mass is 16.5. The van der Waals surface area contributed by atoms with Gasteiger partial charge < -0.3 is 20.1 Å². The first-order valence-corrected chi connectivity index (χ1v) is 7.17. The van der Waals surface area contributed by atoms with E-state index in [1.807, 2.05) is 18.2 Å². The highest BCUT2D eigenvalue weighted by molar-refractivity contribution is 5.59. The van der Waals surface area contributed by atoms with Crippen molar-refractivity contribution in [1.29, 1.82) is 0 Å². The molecular formula is C15H22N2O2. The van der Waals surface area contributed by atoms with E-state index >= 15 is 0 Å². The number of rotatable bonds is 2. The van der Waals surface area contributed by atoms with Gasteiger partial charge in [-0.25, -0.2) is 0 Å². The Morgan fingerprint density at radius 1 is 1.26 bits per heavy atom. The molecule has 1 aromatic rings. The van der Waals surface area contributed by atoms with Crippen molar-refractivity contribution in [3.63, 3.8) is 0 Å². The van der Waals surface area contributed by atoms with Crippen LogP contribution < -0.4 is 15.0 Å². The average molecular weight is 262 g/mol. The van der Waals surface area contributed by atoms with Gasteiger partial charge in [-0.05, 0) is 44.5 Å². The van der Waals surface area contributed by atoms with Crippen LogP contribution in [0.15, 0.2) is 24.3 Å². The molecule has 0 bridgehead atoms. The van der Waals surface area contributed by atoms with Crippen molar-refractivity contribution in [2.24, 2.45) is 0 Å². The predicted molar refractivity (Wildman–Crippen MR) is 75.8 cm³/mol. The third-order valence-electron chi connectivity index (χ3n) is 4.06. The van der Waals surface area contributed by atoms with Gasteiger partial charge >= 0.3 is 0 Å². The van der Waals surface area contributed by atoms with Crippen molar-refractivity contribution in [3.8, 4) is 5.75 Å². The summed E-state index contributed by atoms with van der Waals surface area (Å²) in [5.41, 5.74) is 0.551. The zero-order chi connectivity index (χ0) is 13.1. The summed E-state index contributed by atoms with van der Waals surface area (Å²) in [6.07, 6.45) is 2.65. The summed E-state index contributed by atoms with van der Waals surface area (Å²) in [5.74, 6) is 0.942. The summed E-state index contributed by atoms with van der Waals surface area (Å²) < 4.78 is 5.77. The van der Waals surface area contributed by atoms with Crippen LogP contribution in [0.1, 0.15) is 19.3 Å². The Balaban J connectivity index is 1.80. The zero-order valence-electron chi connectivity index (χ0n) is 11.3. The first-order valence-electron chi connectivity index (χ1n) is 7.17. The van der Waals surface area contributed by atoms with E-state index in [9.17, 15) is 5.11 Å². The molecule has 2 aliphatic heterocycles. The Morgan fingerprint density at radius 2 is 2.05 bits per heavy atom. The molecule has 0 unspecified atom stereocenters. The van der Waals surface area contributed by atoms with Crippen LogP contribution in [0.5, 0.6) is 5.75 Å². The Bertz CT molecular complexity index is 430. The standard InChI is InChI=1S/C15H22N2O2/c18-15(6-8-16-9-7-15)12-17-10-3-11-19-14-5-2-1-4-13(14)17/h1-2,4-5,16,18H,3,6-12H2. The van der Waals surface area contributed by atoms with Gasteiger partial charge in [0.25, 0.3) is 0 Å². The molecule has 4 heteroatoms. The Labute approximate surface area is 114 Å². The number of piperidine rings is 1. The van der Waals surface area contributed by atoms with Crippen molar-refractivity contribution in [1.82, 2.24) is 5.32 Å². The van der Waals surface area contributed by atoms with Crippen LogP contribution in [0, 0.1) is 0 Å². The van der Waals surface area contributed by atoms with Crippen molar-refractivity contribution >= 4 is 5.69 Å². The van der Waals surface area contributed by atoms with E-state index in [0.29, 0.717) is 6.54 Å². The maximum Gasteiger partial charge on any atom is 0.142 e. The predicted octanol–water partition coefficient (Wildman–Crippen LogP) is 1.39. The molecule has 1 fully saturated rings. The van der Waals surface area contributed by atoms with E-state index in [0.717, 1.165) is 56.9 Å². The minimum absolute atomic E-state index is 0.567. The molecule has 3 rings (SSSR count). The Morgan fingerprint density at radius 3 is 2.89 bits per heavy atom. The van der Waals surface area contributed by atoms with Gasteiger partial charge in [-0.3, -0.25) is 0 Å². The number of benzene rings is 1. The molecule has 1 aromatic carbocycles. The molecule has 0 atom stereocenters. The molecular weight excluding hydrogens is 240 g/mol. The fourth-order valence-electron chi connectivity index (χ4n) is 2.97. The molecule has 2 aliphatic rings. The second-order valence-corrected chi connectivity index (χ2v) is 5.57. The lowest BCUT2D eigenvalue weighted by molar-refractivity contribution is 0.0174. The van der Waals surface area contributed by atoms with E-state index in [2.05, 4.69) is 16.3 Å². The molecule has 2 N–H and O–H groups in total. The molecule has 1 saturated heterocycles. The molecule has 0 aromatic heterocycles. The molecule has 2 heterocycles. The van der Waals surface area contributed by atoms with Crippen molar-refractivity contribution in [2.45, 2.75) is 24.9 Å². The number of aliphatic hydroxyl groups is 1. The lowest BCUT2D eigenvalue weighted by Gasteiger charge is -2.38. The number of hydrogen-bond acceptors (Lipinski definition) is 4. The third kappa shape index (κ3) is 2.85. The number of nitrogens with zero attached hydrogens (tertiary/aromatic N) is 1. The highest BCUT2D eigenvalue weighted by Crippen LogP contribution is 2.32. The Hall–Kier alpha value is -1.26. The molecule has 19 heavy (non-hydrogen) atoms. The highest BCUT2D eigenvalue weighted by Gasteiger charge is 2.32. The normalized spacial score (nSPS) is 22.3. The summed E-state index contributed by atoms with van der Waals surface area (Å²) in [4.78, 5) is 2.29. The molecule has 0 aliphatic carbocycles. The molecule has 0 amide bonds. The number of β-amino-alcohol motifs (C(OH)–C–C–N with tert-alkyl or cyclic N) is 1. The number of hydrogen-bond donors (Lipinski definition) is 2. The van der Waals surface area contributed by atoms with Crippen molar-refractivity contribution in [3.05, 3.63) is 24.3 Å². The maximum atomic E-state index is 10.7. The van der Waals surface area contributed by atoms with Crippen LogP contribution in [-0.2, 0) is 0 Å². The fourth-order valence-corrected chi connectivity index (χ4v) is 2.97. The monoisotopic (exact) mass is 262 g/mol. The largest absolute Gasteiger partial charge is 0.491 e. The quantitative estimate of drug-likeness (QED) is 0.845. The maximum absolute atomic E-state index is 10.7. The van der Waals surface area contributed by atoms with Crippen LogP contribution in [0.4, 0.5) is 5.69 Å². The average Bonchev–Trinajstić information content (AvgIpc) is 2.62. The van der Waals surface area contributed by atoms with Gasteiger partial charge in [0.1, 0.15) is 5.75 Å². The van der Waals surface area contributed by atoms with Gasteiger partial charge in [-0.15, -0.1) is 0 Å². The van der Waals surface area contributed by atoms with Crippen LogP contribution in [-0.4, -0.2) is 43.5 Å². The van der Waals surface area contributed by atoms with E-state index in [-0.39, 0.29) is 0 Å². The fraction of sp³-hybridized carbons (Fsp3) is 0.600. The number of nitrogens with one attached hydrogen (secondary N) is 1. The van der Waals surface area contributed by atoms with Gasteiger partial charge in [0, 0.05) is 13.1 Å². The molecule has 0 saturated carbocycles. The van der Waals surface area contributed by atoms with Gasteiger partial charge in [-0.1, -0.05) is 12.1 Å². The number of fused-ring (bicyclic) bond motifs is 1. The van der Waals surface area contributed by atoms with Gasteiger partial charge in [-0.2, -0.15) is 0 Å². The minimum atomic E-state index is -0.567. The third-order valence-corrected chi connectivity index (χ3v) is 4.06. The van der Waals surface area contributed by atoms with Crippen LogP contribution in [0.3, 0.4) is 0 Å². The van der Waals surface area contributed by atoms with E-state index in [1.54, 1.807) is 0 Å². The molecule has 0 spiro atoms. The smallest absolute Gasteiger partial charge is 0.142 e. The number of para-hydroxylation sites is 2. The SMILES string of the molecule is OC1(CN2CCCOc3ccccc32)CCNCC1. The second kappa shape index (κ2) is 5.39. The van der Waals surface area contributed by atoms with Crippen LogP contribution >= 0.6 is 0 Å². The molecule has 4 nitrogen and oxygen atoms in total. The zero-order valence-corrected chi connectivity index (χ0v) is 11.3. The summed E-state index contributed by atoms with van der Waals surface area (Å²) in [5, 5.41) is 14.0. The lowest BCUT2D eigenvalue weighted by atomic mass is 9.91. The number of anilines is 1. The molecule has 0 radical (unpaired) electrons. The minimum Gasteiger partial charge on any atom is -0.491 e. The van der Waals surface area contributed by atoms with Gasteiger partial charge in [0.05, 0.1) is 17.9 Å². The van der Waals surface area contributed by atoms with Crippen LogP contribution in [0.2, 0.25) is 0 Å². The first kappa shape index (κ1) is 12.8. The van der Waals surface area contributed by atoms with Crippen LogP contribution in [0.25, 0.3) is 0 Å². The van der Waals surface area contributed by atoms with E-state index in [4.69, 9.17) is 4.74 Å². The molecule has 104 valence electrons. The van der Waals surface area contributed by atoms with Gasteiger partial charge in [0.15, 0.2) is 0 Å². The Kier molecular flexibility index (Phi) is 3.62. The number of ether oxygens (including phenoxy) is 1. The topological polar surface area (TPSA) is 44.7 Å².